The maximum absolute atomic E-state index is 13.8. The summed E-state index contributed by atoms with van der Waals surface area (Å²) in [6, 6.07) is 18.5. The molecule has 3 atom stereocenters. The number of benzene rings is 2. The van der Waals surface area contributed by atoms with Crippen LogP contribution >= 0.6 is 0 Å². The van der Waals surface area contributed by atoms with Gasteiger partial charge in [-0.1, -0.05) is 49.4 Å². The third kappa shape index (κ3) is 5.48. The van der Waals surface area contributed by atoms with Crippen LogP contribution in [0.15, 0.2) is 73.1 Å². The number of aromatic nitrogens is 1. The first-order valence-electron chi connectivity index (χ1n) is 12.3. The first kappa shape index (κ1) is 25.5. The van der Waals surface area contributed by atoms with E-state index in [1.807, 2.05) is 62.4 Å². The zero-order valence-corrected chi connectivity index (χ0v) is 21.0. The molecule has 1 N–H and O–H groups in total. The summed E-state index contributed by atoms with van der Waals surface area (Å²) in [5.41, 5.74) is 3.91. The van der Waals surface area contributed by atoms with Gasteiger partial charge in [0, 0.05) is 49.6 Å². The maximum Gasteiger partial charge on any atom is 0.254 e. The summed E-state index contributed by atoms with van der Waals surface area (Å²) in [4.78, 5) is 34.2. The first-order valence-corrected chi connectivity index (χ1v) is 12.3. The van der Waals surface area contributed by atoms with Crippen molar-refractivity contribution >= 4 is 11.8 Å². The van der Waals surface area contributed by atoms with E-state index in [-0.39, 0.29) is 36.5 Å². The van der Waals surface area contributed by atoms with Gasteiger partial charge in [-0.15, -0.1) is 0 Å². The van der Waals surface area contributed by atoms with Crippen LogP contribution < -0.4 is 0 Å². The van der Waals surface area contributed by atoms with E-state index in [4.69, 9.17) is 4.74 Å². The molecule has 3 aromatic rings. The van der Waals surface area contributed by atoms with Crippen LogP contribution in [0.4, 0.5) is 0 Å². The summed E-state index contributed by atoms with van der Waals surface area (Å²) in [6.45, 7) is 4.80. The lowest BCUT2D eigenvalue weighted by Gasteiger charge is -2.35. The number of carbonyl (C=O) groups is 2. The van der Waals surface area contributed by atoms with E-state index >= 15 is 0 Å². The number of likely N-dealkylation sites (N-methyl/N-ethyl adjacent to an activating group) is 1. The number of pyridine rings is 1. The Balaban J connectivity index is 1.71. The van der Waals surface area contributed by atoms with E-state index in [2.05, 4.69) is 4.98 Å². The van der Waals surface area contributed by atoms with E-state index in [0.717, 1.165) is 16.7 Å². The molecule has 7 nitrogen and oxygen atoms in total. The first-order chi connectivity index (χ1) is 17.4. The van der Waals surface area contributed by atoms with Crippen LogP contribution in [-0.4, -0.2) is 70.6 Å². The molecule has 7 heteroatoms. The number of hydrogen-bond donors (Lipinski definition) is 1. The SMILES string of the molecule is C[C@H]1CN([C@@H](C)CO)C(=O)c2ccccc2-c2ccccc2CO[C@@H]1CN(C)C(=O)c1ccncc1. The Morgan fingerprint density at radius 1 is 1.08 bits per heavy atom. The van der Waals surface area contributed by atoms with E-state index in [1.165, 1.54) is 0 Å². The molecule has 2 heterocycles. The number of ether oxygens (including phenoxy) is 1. The number of carbonyl (C=O) groups excluding carboxylic acids is 2. The summed E-state index contributed by atoms with van der Waals surface area (Å²) >= 11 is 0. The molecule has 0 radical (unpaired) electrons. The van der Waals surface area contributed by atoms with Crippen molar-refractivity contribution in [1.82, 2.24) is 14.8 Å². The van der Waals surface area contributed by atoms with Crippen LogP contribution in [0, 0.1) is 5.92 Å². The lowest BCUT2D eigenvalue weighted by molar-refractivity contribution is -0.0209. The molecule has 0 aliphatic carbocycles. The van der Waals surface area contributed by atoms with Crippen molar-refractivity contribution < 1.29 is 19.4 Å². The van der Waals surface area contributed by atoms with Gasteiger partial charge in [-0.05, 0) is 41.8 Å². The van der Waals surface area contributed by atoms with Crippen LogP contribution in [0.1, 0.15) is 40.1 Å². The van der Waals surface area contributed by atoms with Crippen molar-refractivity contribution in [2.75, 3.05) is 26.7 Å². The summed E-state index contributed by atoms with van der Waals surface area (Å²) in [6.07, 6.45) is 2.86. The molecule has 0 fully saturated rings. The molecule has 0 saturated heterocycles. The number of fused-ring (bicyclic) bond motifs is 3. The minimum Gasteiger partial charge on any atom is -0.394 e. The Morgan fingerprint density at radius 3 is 2.42 bits per heavy atom. The highest BCUT2D eigenvalue weighted by molar-refractivity contribution is 6.01. The van der Waals surface area contributed by atoms with Crippen LogP contribution in [0.2, 0.25) is 0 Å². The molecule has 1 aliphatic heterocycles. The standard InChI is InChI=1S/C29H33N3O4/c1-20-16-32(21(2)18-33)29(35)26-11-7-6-10-25(26)24-9-5-4-8-23(24)19-36-27(20)17-31(3)28(34)22-12-14-30-15-13-22/h4-15,20-21,27,33H,16-19H2,1-3H3/t20-,21-,27+/m0/s1. The minimum absolute atomic E-state index is 0.104. The fourth-order valence-corrected chi connectivity index (χ4v) is 4.62. The zero-order valence-electron chi connectivity index (χ0n) is 21.0. The molecule has 1 aromatic heterocycles. The van der Waals surface area contributed by atoms with E-state index < -0.39 is 0 Å². The highest BCUT2D eigenvalue weighted by atomic mass is 16.5. The lowest BCUT2D eigenvalue weighted by atomic mass is 9.94. The summed E-state index contributed by atoms with van der Waals surface area (Å²) < 4.78 is 6.47. The number of nitrogens with zero attached hydrogens (tertiary/aromatic N) is 3. The van der Waals surface area contributed by atoms with E-state index in [0.29, 0.717) is 30.8 Å². The van der Waals surface area contributed by atoms with Gasteiger partial charge < -0.3 is 19.6 Å². The topological polar surface area (TPSA) is 83.0 Å². The third-order valence-electron chi connectivity index (χ3n) is 6.82. The molecular weight excluding hydrogens is 454 g/mol. The van der Waals surface area contributed by atoms with Gasteiger partial charge >= 0.3 is 0 Å². The van der Waals surface area contributed by atoms with Crippen molar-refractivity contribution in [2.45, 2.75) is 32.6 Å². The monoisotopic (exact) mass is 487 g/mol. The number of hydrogen-bond acceptors (Lipinski definition) is 5. The number of aliphatic hydroxyl groups excluding tert-OH is 1. The minimum atomic E-state index is -0.374. The molecule has 4 rings (SSSR count). The Labute approximate surface area is 212 Å². The van der Waals surface area contributed by atoms with Gasteiger partial charge in [0.15, 0.2) is 0 Å². The zero-order chi connectivity index (χ0) is 25.7. The highest BCUT2D eigenvalue weighted by Gasteiger charge is 2.31. The summed E-state index contributed by atoms with van der Waals surface area (Å²) in [5.74, 6) is -0.351. The Hall–Kier alpha value is -3.55. The van der Waals surface area contributed by atoms with Crippen LogP contribution in [0.5, 0.6) is 0 Å². The van der Waals surface area contributed by atoms with Gasteiger partial charge in [-0.25, -0.2) is 0 Å². The van der Waals surface area contributed by atoms with E-state index in [9.17, 15) is 14.7 Å². The molecule has 2 amide bonds. The number of aliphatic hydroxyl groups is 1. The Kier molecular flexibility index (Phi) is 8.13. The Bertz CT molecular complexity index is 1200. The normalized spacial score (nSPS) is 19.0. The predicted octanol–water partition coefficient (Wildman–Crippen LogP) is 3.88. The van der Waals surface area contributed by atoms with Gasteiger partial charge in [-0.2, -0.15) is 0 Å². The van der Waals surface area contributed by atoms with Gasteiger partial charge in [0.1, 0.15) is 0 Å². The van der Waals surface area contributed by atoms with Crippen LogP contribution in [0.3, 0.4) is 0 Å². The molecule has 188 valence electrons. The summed E-state index contributed by atoms with van der Waals surface area (Å²) in [5, 5.41) is 9.97. The van der Waals surface area contributed by atoms with Crippen molar-refractivity contribution in [3.63, 3.8) is 0 Å². The van der Waals surface area contributed by atoms with Crippen molar-refractivity contribution in [3.05, 3.63) is 89.7 Å². The lowest BCUT2D eigenvalue weighted by Crippen LogP contribution is -2.47. The fraction of sp³-hybridized carbons (Fsp3) is 0.345. The second-order valence-electron chi connectivity index (χ2n) is 9.44. The second kappa shape index (κ2) is 11.5. The smallest absolute Gasteiger partial charge is 0.254 e. The number of rotatable bonds is 5. The highest BCUT2D eigenvalue weighted by Crippen LogP contribution is 2.31. The molecule has 0 unspecified atom stereocenters. The van der Waals surface area contributed by atoms with Crippen molar-refractivity contribution in [3.8, 4) is 11.1 Å². The molecule has 0 saturated carbocycles. The third-order valence-corrected chi connectivity index (χ3v) is 6.82. The molecule has 2 aromatic carbocycles. The van der Waals surface area contributed by atoms with Gasteiger partial charge in [-0.3, -0.25) is 14.6 Å². The quantitative estimate of drug-likeness (QED) is 0.591. The van der Waals surface area contributed by atoms with Crippen molar-refractivity contribution in [2.24, 2.45) is 5.92 Å². The molecule has 36 heavy (non-hydrogen) atoms. The van der Waals surface area contributed by atoms with Gasteiger partial charge in [0.25, 0.3) is 11.8 Å². The fourth-order valence-electron chi connectivity index (χ4n) is 4.62. The molecule has 1 aliphatic rings. The Morgan fingerprint density at radius 2 is 1.72 bits per heavy atom. The van der Waals surface area contributed by atoms with E-state index in [1.54, 1.807) is 41.4 Å². The molecule has 0 bridgehead atoms. The van der Waals surface area contributed by atoms with Crippen molar-refractivity contribution in [1.29, 1.82) is 0 Å². The van der Waals surface area contributed by atoms with Crippen LogP contribution in [0.25, 0.3) is 11.1 Å². The van der Waals surface area contributed by atoms with Crippen LogP contribution in [-0.2, 0) is 11.3 Å². The average molecular weight is 488 g/mol. The van der Waals surface area contributed by atoms with Gasteiger partial charge in [0.2, 0.25) is 0 Å². The second-order valence-corrected chi connectivity index (χ2v) is 9.44. The average Bonchev–Trinajstić information content (AvgIpc) is 2.94. The number of amides is 2. The molecule has 0 spiro atoms. The largest absolute Gasteiger partial charge is 0.394 e. The van der Waals surface area contributed by atoms with Gasteiger partial charge in [0.05, 0.1) is 25.4 Å². The predicted molar refractivity (Wildman–Crippen MR) is 138 cm³/mol. The molecular formula is C29H33N3O4. The maximum atomic E-state index is 13.8. The summed E-state index contributed by atoms with van der Waals surface area (Å²) in [7, 11) is 1.76.